The Hall–Kier alpha value is -0.570. The van der Waals surface area contributed by atoms with E-state index in [0.29, 0.717) is 17.7 Å². The monoisotopic (exact) mass is 252 g/mol. The zero-order chi connectivity index (χ0) is 13.2. The Bertz CT molecular complexity index is 301. The predicted octanol–water partition coefficient (Wildman–Crippen LogP) is 2.17. The smallest absolute Gasteiger partial charge is 0.223 e. The molecule has 0 bridgehead atoms. The molecule has 3 atom stereocenters. The summed E-state index contributed by atoms with van der Waals surface area (Å²) in [6.07, 6.45) is 4.65. The number of carbonyl (C=O) groups excluding carboxylic acids is 1. The van der Waals surface area contributed by atoms with Gasteiger partial charge in [0, 0.05) is 12.5 Å². The Morgan fingerprint density at radius 1 is 1.39 bits per heavy atom. The molecule has 1 saturated carbocycles. The van der Waals surface area contributed by atoms with Gasteiger partial charge in [0.15, 0.2) is 0 Å². The number of piperidine rings is 1. The van der Waals surface area contributed by atoms with Crippen molar-refractivity contribution in [1.82, 2.24) is 10.6 Å². The molecule has 1 aliphatic heterocycles. The van der Waals surface area contributed by atoms with Gasteiger partial charge in [-0.1, -0.05) is 27.2 Å². The van der Waals surface area contributed by atoms with Crippen molar-refractivity contribution >= 4 is 5.91 Å². The largest absolute Gasteiger partial charge is 0.356 e. The molecule has 1 saturated heterocycles. The van der Waals surface area contributed by atoms with Crippen molar-refractivity contribution in [1.29, 1.82) is 0 Å². The molecule has 0 spiro atoms. The van der Waals surface area contributed by atoms with Crippen molar-refractivity contribution in [2.75, 3.05) is 19.6 Å². The van der Waals surface area contributed by atoms with Crippen molar-refractivity contribution in [2.24, 2.45) is 23.2 Å². The molecule has 0 aromatic rings. The van der Waals surface area contributed by atoms with E-state index in [1.807, 2.05) is 0 Å². The van der Waals surface area contributed by atoms with Crippen LogP contribution >= 0.6 is 0 Å². The van der Waals surface area contributed by atoms with Crippen molar-refractivity contribution in [3.8, 4) is 0 Å². The second kappa shape index (κ2) is 5.60. The summed E-state index contributed by atoms with van der Waals surface area (Å²) in [5.74, 6) is 1.85. The minimum Gasteiger partial charge on any atom is -0.356 e. The predicted molar refractivity (Wildman–Crippen MR) is 74.3 cm³/mol. The van der Waals surface area contributed by atoms with E-state index in [2.05, 4.69) is 31.4 Å². The van der Waals surface area contributed by atoms with Gasteiger partial charge in [-0.25, -0.2) is 0 Å². The van der Waals surface area contributed by atoms with Gasteiger partial charge in [0.1, 0.15) is 0 Å². The molecule has 3 heteroatoms. The first-order valence-electron chi connectivity index (χ1n) is 7.49. The number of hydrogen-bond acceptors (Lipinski definition) is 2. The van der Waals surface area contributed by atoms with Crippen LogP contribution in [-0.2, 0) is 4.79 Å². The Labute approximate surface area is 111 Å². The van der Waals surface area contributed by atoms with Crippen molar-refractivity contribution in [3.63, 3.8) is 0 Å². The van der Waals surface area contributed by atoms with E-state index >= 15 is 0 Å². The number of nitrogens with one attached hydrogen (secondary N) is 2. The first kappa shape index (κ1) is 13.9. The molecule has 3 unspecified atom stereocenters. The van der Waals surface area contributed by atoms with Crippen LogP contribution in [0.15, 0.2) is 0 Å². The maximum atomic E-state index is 12.3. The second-order valence-corrected chi connectivity index (χ2v) is 6.91. The summed E-state index contributed by atoms with van der Waals surface area (Å²) in [5.41, 5.74) is 0.198. The van der Waals surface area contributed by atoms with E-state index in [0.717, 1.165) is 26.1 Å². The molecule has 3 nitrogen and oxygen atoms in total. The highest BCUT2D eigenvalue weighted by Crippen LogP contribution is 2.42. The molecule has 2 N–H and O–H groups in total. The normalized spacial score (nSPS) is 35.4. The molecule has 2 rings (SSSR count). The Morgan fingerprint density at radius 3 is 2.78 bits per heavy atom. The lowest BCUT2D eigenvalue weighted by Gasteiger charge is -2.31. The van der Waals surface area contributed by atoms with Crippen molar-refractivity contribution in [3.05, 3.63) is 0 Å². The van der Waals surface area contributed by atoms with Gasteiger partial charge in [0.2, 0.25) is 5.91 Å². The minimum absolute atomic E-state index is 0.198. The SMILES string of the molecule is CC1CNCCC1CNC(=O)C1CCCC1(C)C. The average Bonchev–Trinajstić information content (AvgIpc) is 2.67. The van der Waals surface area contributed by atoms with Crippen LogP contribution in [0, 0.1) is 23.2 Å². The fourth-order valence-electron chi connectivity index (χ4n) is 3.54. The third kappa shape index (κ3) is 3.05. The van der Waals surface area contributed by atoms with Crippen LogP contribution in [0.4, 0.5) is 0 Å². The first-order chi connectivity index (χ1) is 8.50. The minimum atomic E-state index is 0.198. The Balaban J connectivity index is 1.81. The highest BCUT2D eigenvalue weighted by Gasteiger charge is 2.39. The lowest BCUT2D eigenvalue weighted by Crippen LogP contribution is -2.43. The third-order valence-corrected chi connectivity index (χ3v) is 5.08. The van der Waals surface area contributed by atoms with Gasteiger partial charge in [-0.2, -0.15) is 0 Å². The molecule has 2 aliphatic rings. The van der Waals surface area contributed by atoms with Gasteiger partial charge in [0.05, 0.1) is 0 Å². The fraction of sp³-hybridized carbons (Fsp3) is 0.933. The second-order valence-electron chi connectivity index (χ2n) is 6.91. The summed E-state index contributed by atoms with van der Waals surface area (Å²) >= 11 is 0. The van der Waals surface area contributed by atoms with E-state index in [1.54, 1.807) is 0 Å². The van der Waals surface area contributed by atoms with Crippen LogP contribution in [0.25, 0.3) is 0 Å². The van der Waals surface area contributed by atoms with Crippen LogP contribution in [0.1, 0.15) is 46.5 Å². The van der Waals surface area contributed by atoms with E-state index in [4.69, 9.17) is 0 Å². The van der Waals surface area contributed by atoms with Gasteiger partial charge in [0.25, 0.3) is 0 Å². The molecule has 0 radical (unpaired) electrons. The summed E-state index contributed by atoms with van der Waals surface area (Å²) in [5, 5.41) is 6.62. The van der Waals surface area contributed by atoms with Gasteiger partial charge in [-0.15, -0.1) is 0 Å². The number of carbonyl (C=O) groups is 1. The molecule has 2 fully saturated rings. The third-order valence-electron chi connectivity index (χ3n) is 5.08. The molecule has 0 aromatic carbocycles. The van der Waals surface area contributed by atoms with Crippen molar-refractivity contribution in [2.45, 2.75) is 46.5 Å². The maximum absolute atomic E-state index is 12.3. The Morgan fingerprint density at radius 2 is 2.17 bits per heavy atom. The van der Waals surface area contributed by atoms with Crippen LogP contribution in [-0.4, -0.2) is 25.5 Å². The topological polar surface area (TPSA) is 41.1 Å². The van der Waals surface area contributed by atoms with Gasteiger partial charge in [-0.05, 0) is 49.6 Å². The molecule has 1 aliphatic carbocycles. The van der Waals surface area contributed by atoms with Crippen LogP contribution in [0.2, 0.25) is 0 Å². The molecule has 1 amide bonds. The van der Waals surface area contributed by atoms with Gasteiger partial charge >= 0.3 is 0 Å². The molecule has 1 heterocycles. The standard InChI is InChI=1S/C15H28N2O/c1-11-9-16-8-6-12(11)10-17-14(18)13-5-4-7-15(13,2)3/h11-13,16H,4-10H2,1-3H3,(H,17,18). The van der Waals surface area contributed by atoms with Crippen LogP contribution in [0.5, 0.6) is 0 Å². The molecule has 18 heavy (non-hydrogen) atoms. The summed E-state index contributed by atoms with van der Waals surface area (Å²) in [4.78, 5) is 12.3. The van der Waals surface area contributed by atoms with E-state index in [9.17, 15) is 4.79 Å². The van der Waals surface area contributed by atoms with Crippen LogP contribution in [0.3, 0.4) is 0 Å². The average molecular weight is 252 g/mol. The summed E-state index contributed by atoms with van der Waals surface area (Å²) < 4.78 is 0. The van der Waals surface area contributed by atoms with Crippen molar-refractivity contribution < 1.29 is 4.79 Å². The van der Waals surface area contributed by atoms with E-state index < -0.39 is 0 Å². The number of rotatable bonds is 3. The molecule has 104 valence electrons. The zero-order valence-corrected chi connectivity index (χ0v) is 12.1. The van der Waals surface area contributed by atoms with E-state index in [1.165, 1.54) is 19.3 Å². The van der Waals surface area contributed by atoms with E-state index in [-0.39, 0.29) is 11.3 Å². The van der Waals surface area contributed by atoms with Gasteiger partial charge < -0.3 is 10.6 Å². The first-order valence-corrected chi connectivity index (χ1v) is 7.49. The molecular weight excluding hydrogens is 224 g/mol. The maximum Gasteiger partial charge on any atom is 0.223 e. The summed E-state index contributed by atoms with van der Waals surface area (Å²) in [7, 11) is 0. The lowest BCUT2D eigenvalue weighted by molar-refractivity contribution is -0.127. The highest BCUT2D eigenvalue weighted by molar-refractivity contribution is 5.79. The summed E-state index contributed by atoms with van der Waals surface area (Å²) in [6, 6.07) is 0. The summed E-state index contributed by atoms with van der Waals surface area (Å²) in [6.45, 7) is 9.81. The lowest BCUT2D eigenvalue weighted by atomic mass is 9.81. The quantitative estimate of drug-likeness (QED) is 0.808. The molecule has 0 aromatic heterocycles. The molecular formula is C15H28N2O. The number of hydrogen-bond donors (Lipinski definition) is 2. The Kier molecular flexibility index (Phi) is 4.31. The van der Waals surface area contributed by atoms with Gasteiger partial charge in [-0.3, -0.25) is 4.79 Å². The number of amides is 1. The zero-order valence-electron chi connectivity index (χ0n) is 12.1. The highest BCUT2D eigenvalue weighted by atomic mass is 16.1. The fourth-order valence-corrected chi connectivity index (χ4v) is 3.54. The van der Waals surface area contributed by atoms with Crippen LogP contribution < -0.4 is 10.6 Å².